The lowest BCUT2D eigenvalue weighted by atomic mass is 9.98. The fraction of sp³-hybridized carbons (Fsp3) is 1.00. The molecule has 72 valence electrons. The van der Waals surface area contributed by atoms with Crippen LogP contribution in [0.4, 0.5) is 0 Å². The average molecular weight is 179 g/mol. The zero-order valence-corrected chi connectivity index (χ0v) is 6.37. The van der Waals surface area contributed by atoms with E-state index in [1.54, 1.807) is 0 Å². The van der Waals surface area contributed by atoms with Gasteiger partial charge in [-0.2, -0.15) is 0 Å². The smallest absolute Gasteiger partial charge is 0.173 e. The van der Waals surface area contributed by atoms with Crippen molar-refractivity contribution in [3.8, 4) is 0 Å². The highest BCUT2D eigenvalue weighted by Crippen LogP contribution is 2.17. The molecule has 0 amide bonds. The molecule has 0 bridgehead atoms. The van der Waals surface area contributed by atoms with Gasteiger partial charge in [0.2, 0.25) is 0 Å². The summed E-state index contributed by atoms with van der Waals surface area (Å²) in [6.45, 7) is -0.470. The zero-order valence-electron chi connectivity index (χ0n) is 6.37. The molecule has 0 aromatic heterocycles. The molecule has 1 rings (SSSR count). The van der Waals surface area contributed by atoms with Gasteiger partial charge < -0.3 is 30.9 Å². The third-order valence-corrected chi connectivity index (χ3v) is 1.95. The van der Waals surface area contributed by atoms with E-state index in [1.807, 2.05) is 0 Å². The van der Waals surface area contributed by atoms with Crippen LogP contribution in [0, 0.1) is 0 Å². The van der Waals surface area contributed by atoms with E-state index in [2.05, 4.69) is 0 Å². The number of rotatable bonds is 1. The Morgan fingerprint density at radius 3 is 2.25 bits per heavy atom. The third-order valence-electron chi connectivity index (χ3n) is 1.95. The standard InChI is InChI=1S/C6H13NO5/c7-3-5(10)4(9)2(1-8)12-6(3)11/h2-6,8-11H,1,7H2/t2-,3+,4-,5-,6+/m1/s1. The first-order chi connectivity index (χ1) is 5.57. The fourth-order valence-corrected chi connectivity index (χ4v) is 1.12. The SMILES string of the molecule is N[C@H]1[C@@H](O)[C@H](O)[C@@H](CO)O[C@@H]1O. The first kappa shape index (κ1) is 9.85. The van der Waals surface area contributed by atoms with Gasteiger partial charge in [-0.15, -0.1) is 0 Å². The van der Waals surface area contributed by atoms with E-state index in [0.717, 1.165) is 0 Å². The first-order valence-corrected chi connectivity index (χ1v) is 3.64. The van der Waals surface area contributed by atoms with Gasteiger partial charge in [-0.25, -0.2) is 0 Å². The molecule has 0 aromatic carbocycles. The Labute approximate surface area is 69.2 Å². The van der Waals surface area contributed by atoms with Crippen LogP contribution in [-0.2, 0) is 4.74 Å². The van der Waals surface area contributed by atoms with Gasteiger partial charge in [0.25, 0.3) is 0 Å². The highest BCUT2D eigenvalue weighted by Gasteiger charge is 2.41. The van der Waals surface area contributed by atoms with E-state index in [-0.39, 0.29) is 0 Å². The Morgan fingerprint density at radius 2 is 1.75 bits per heavy atom. The molecule has 1 aliphatic heterocycles. The highest BCUT2D eigenvalue weighted by molar-refractivity contribution is 4.90. The minimum absolute atomic E-state index is 0.470. The topological polar surface area (TPSA) is 116 Å². The second-order valence-electron chi connectivity index (χ2n) is 2.81. The van der Waals surface area contributed by atoms with Gasteiger partial charge in [0.15, 0.2) is 6.29 Å². The summed E-state index contributed by atoms with van der Waals surface area (Å²) in [7, 11) is 0. The molecule has 6 nitrogen and oxygen atoms in total. The van der Waals surface area contributed by atoms with Gasteiger partial charge in [-0.05, 0) is 0 Å². The number of aliphatic hydroxyl groups is 4. The summed E-state index contributed by atoms with van der Waals surface area (Å²) in [5.74, 6) is 0. The zero-order chi connectivity index (χ0) is 9.30. The van der Waals surface area contributed by atoms with Crippen LogP contribution in [0.5, 0.6) is 0 Å². The molecule has 0 aliphatic carbocycles. The lowest BCUT2D eigenvalue weighted by Crippen LogP contribution is -2.61. The van der Waals surface area contributed by atoms with Crippen molar-refractivity contribution in [1.82, 2.24) is 0 Å². The molecule has 0 aromatic rings. The lowest BCUT2D eigenvalue weighted by Gasteiger charge is -2.38. The summed E-state index contributed by atoms with van der Waals surface area (Å²) in [5, 5.41) is 36.1. The number of aliphatic hydroxyl groups excluding tert-OH is 4. The average Bonchev–Trinajstić information content (AvgIpc) is 2.08. The first-order valence-electron chi connectivity index (χ1n) is 3.64. The molecule has 1 fully saturated rings. The molecule has 0 radical (unpaired) electrons. The minimum Gasteiger partial charge on any atom is -0.394 e. The maximum absolute atomic E-state index is 9.20. The van der Waals surface area contributed by atoms with Crippen LogP contribution < -0.4 is 5.73 Å². The molecule has 6 N–H and O–H groups in total. The minimum atomic E-state index is -1.35. The van der Waals surface area contributed by atoms with Crippen LogP contribution in [0.3, 0.4) is 0 Å². The summed E-state index contributed by atoms with van der Waals surface area (Å²) in [6, 6.07) is -1.04. The highest BCUT2D eigenvalue weighted by atomic mass is 16.6. The number of ether oxygens (including phenoxy) is 1. The van der Waals surface area contributed by atoms with Crippen molar-refractivity contribution >= 4 is 0 Å². The largest absolute Gasteiger partial charge is 0.394 e. The normalized spacial score (nSPS) is 49.2. The Bertz CT molecular complexity index is 150. The second-order valence-corrected chi connectivity index (χ2v) is 2.81. The molecule has 5 atom stereocenters. The number of hydrogen-bond donors (Lipinski definition) is 5. The predicted octanol–water partition coefficient (Wildman–Crippen LogP) is -3.26. The third kappa shape index (κ3) is 1.58. The summed E-state index contributed by atoms with van der Waals surface area (Å²) < 4.78 is 4.70. The van der Waals surface area contributed by atoms with Crippen LogP contribution in [0.25, 0.3) is 0 Å². The predicted molar refractivity (Wildman–Crippen MR) is 38.0 cm³/mol. The van der Waals surface area contributed by atoms with Crippen molar-refractivity contribution in [2.45, 2.75) is 30.6 Å². The van der Waals surface area contributed by atoms with Crippen molar-refractivity contribution < 1.29 is 25.2 Å². The molecule has 1 heterocycles. The molecular formula is C6H13NO5. The van der Waals surface area contributed by atoms with Crippen LogP contribution in [0.1, 0.15) is 0 Å². The molecule has 0 spiro atoms. The van der Waals surface area contributed by atoms with E-state index in [0.29, 0.717) is 0 Å². The van der Waals surface area contributed by atoms with Crippen molar-refractivity contribution in [1.29, 1.82) is 0 Å². The van der Waals surface area contributed by atoms with Gasteiger partial charge in [-0.3, -0.25) is 0 Å². The van der Waals surface area contributed by atoms with Gasteiger partial charge in [0, 0.05) is 0 Å². The van der Waals surface area contributed by atoms with Crippen molar-refractivity contribution in [3.63, 3.8) is 0 Å². The maximum atomic E-state index is 9.20. The molecule has 0 unspecified atom stereocenters. The molecule has 1 aliphatic rings. The summed E-state index contributed by atoms with van der Waals surface area (Å²) in [4.78, 5) is 0. The second kappa shape index (κ2) is 3.65. The van der Waals surface area contributed by atoms with Crippen LogP contribution in [-0.4, -0.2) is 57.7 Å². The number of nitrogens with two attached hydrogens (primary N) is 1. The molecule has 1 saturated heterocycles. The Kier molecular flexibility index (Phi) is 2.99. The van der Waals surface area contributed by atoms with E-state index in [1.165, 1.54) is 0 Å². The van der Waals surface area contributed by atoms with Gasteiger partial charge in [0.05, 0.1) is 12.6 Å². The van der Waals surface area contributed by atoms with Crippen LogP contribution >= 0.6 is 0 Å². The van der Waals surface area contributed by atoms with Crippen molar-refractivity contribution in [2.75, 3.05) is 6.61 Å². The van der Waals surface area contributed by atoms with Crippen LogP contribution in [0.2, 0.25) is 0 Å². The fourth-order valence-electron chi connectivity index (χ4n) is 1.12. The lowest BCUT2D eigenvalue weighted by molar-refractivity contribution is -0.248. The molecular weight excluding hydrogens is 166 g/mol. The van der Waals surface area contributed by atoms with E-state index in [4.69, 9.17) is 20.7 Å². The molecule has 12 heavy (non-hydrogen) atoms. The number of hydrogen-bond acceptors (Lipinski definition) is 6. The Balaban J connectivity index is 2.63. The monoisotopic (exact) mass is 179 g/mol. The maximum Gasteiger partial charge on any atom is 0.173 e. The summed E-state index contributed by atoms with van der Waals surface area (Å²) in [6.07, 6.45) is -4.85. The Morgan fingerprint density at radius 1 is 1.17 bits per heavy atom. The van der Waals surface area contributed by atoms with E-state index in [9.17, 15) is 10.2 Å². The summed E-state index contributed by atoms with van der Waals surface area (Å²) >= 11 is 0. The van der Waals surface area contributed by atoms with E-state index < -0.39 is 37.3 Å². The van der Waals surface area contributed by atoms with Crippen molar-refractivity contribution in [3.05, 3.63) is 0 Å². The molecule has 6 heteroatoms. The molecule has 0 saturated carbocycles. The van der Waals surface area contributed by atoms with Gasteiger partial charge >= 0.3 is 0 Å². The van der Waals surface area contributed by atoms with Gasteiger partial charge in [-0.1, -0.05) is 0 Å². The van der Waals surface area contributed by atoms with Gasteiger partial charge in [0.1, 0.15) is 18.3 Å². The Hall–Kier alpha value is -0.240. The van der Waals surface area contributed by atoms with E-state index >= 15 is 0 Å². The summed E-state index contributed by atoms with van der Waals surface area (Å²) in [5.41, 5.74) is 5.26. The van der Waals surface area contributed by atoms with Crippen LogP contribution in [0.15, 0.2) is 0 Å². The quantitative estimate of drug-likeness (QED) is 0.288. The van der Waals surface area contributed by atoms with Crippen molar-refractivity contribution in [2.24, 2.45) is 5.73 Å².